The van der Waals surface area contributed by atoms with E-state index in [0.717, 1.165) is 72.7 Å². The van der Waals surface area contributed by atoms with Gasteiger partial charge in [0.05, 0.1) is 36.3 Å². The maximum absolute atomic E-state index is 14.3. The highest BCUT2D eigenvalue weighted by atomic mass is 35.5. The van der Waals surface area contributed by atoms with Crippen molar-refractivity contribution in [3.05, 3.63) is 88.1 Å². The molecule has 3 aliphatic rings. The number of hydrogen-bond donors (Lipinski definition) is 3. The number of aliphatic carboxylic acids is 1. The van der Waals surface area contributed by atoms with Gasteiger partial charge in [-0.3, -0.25) is 14.5 Å². The van der Waals surface area contributed by atoms with Gasteiger partial charge in [-0.25, -0.2) is 19.2 Å². The standard InChI is InChI=1S/C39H44ClFN6O7S/c1-39(55-2,38(52)47-19-27(48)18-33(47)37(50)51)44-36(49)24-7-9-32-31(16-24)42-34(46(32)20-28-12-15-53-28)21-45-13-10-23(11-14-45)30-4-3-5-35(43-30)54-22-25-6-8-26(40)17-29(25)41/h3-9,16-17,23,27-28,33,48H,10-15,18-22H2,1-2H3,(H,44,49)(H,50,51)/t27-,28+,33+,39?/m1/s1. The van der Waals surface area contributed by atoms with E-state index in [1.807, 2.05) is 18.2 Å². The van der Waals surface area contributed by atoms with Crippen LogP contribution in [0, 0.1) is 5.82 Å². The fourth-order valence-corrected chi connectivity index (χ4v) is 8.07. The number of rotatable bonds is 13. The quantitative estimate of drug-likeness (QED) is 0.159. The SMILES string of the molecule is CSC(C)(NC(=O)c1ccc2c(c1)nc(CN1CCC(c3cccc(OCc4ccc(Cl)cc4F)n3)CC1)n2C[C@@H]1CCO1)C(=O)N1C[C@H](O)C[C@H]1C(=O)O. The van der Waals surface area contributed by atoms with E-state index in [0.29, 0.717) is 40.6 Å². The van der Waals surface area contributed by atoms with Crippen molar-refractivity contribution in [2.45, 2.75) is 81.3 Å². The summed E-state index contributed by atoms with van der Waals surface area (Å²) >= 11 is 6.97. The van der Waals surface area contributed by atoms with Crippen molar-refractivity contribution in [1.82, 2.24) is 29.7 Å². The molecule has 4 atom stereocenters. The predicted octanol–water partition coefficient (Wildman–Crippen LogP) is 4.83. The molecule has 292 valence electrons. The minimum Gasteiger partial charge on any atom is -0.480 e. The number of fused-ring (bicyclic) bond motifs is 1. The molecule has 0 radical (unpaired) electrons. The highest BCUT2D eigenvalue weighted by Gasteiger charge is 2.46. The van der Waals surface area contributed by atoms with Gasteiger partial charge in [0.2, 0.25) is 5.88 Å². The Hall–Kier alpha value is -4.28. The number of halogens is 2. The van der Waals surface area contributed by atoms with Crippen LogP contribution in [0.15, 0.2) is 54.6 Å². The number of carbonyl (C=O) groups is 3. The molecule has 2 amide bonds. The Morgan fingerprint density at radius 3 is 2.58 bits per heavy atom. The second-order valence-electron chi connectivity index (χ2n) is 14.5. The molecule has 0 spiro atoms. The van der Waals surface area contributed by atoms with Crippen molar-refractivity contribution in [3.63, 3.8) is 0 Å². The second-order valence-corrected chi connectivity index (χ2v) is 16.2. The number of nitrogens with one attached hydrogen (secondary N) is 1. The van der Waals surface area contributed by atoms with Gasteiger partial charge in [0.15, 0.2) is 4.87 Å². The number of aromatic nitrogens is 3. The Morgan fingerprint density at radius 2 is 1.89 bits per heavy atom. The molecule has 2 aromatic heterocycles. The summed E-state index contributed by atoms with van der Waals surface area (Å²) in [5.41, 5.74) is 3.16. The van der Waals surface area contributed by atoms with E-state index in [-0.39, 0.29) is 31.6 Å². The molecule has 3 aliphatic heterocycles. The number of amides is 2. The van der Waals surface area contributed by atoms with Crippen LogP contribution in [0.4, 0.5) is 4.39 Å². The highest BCUT2D eigenvalue weighted by molar-refractivity contribution is 8.00. The lowest BCUT2D eigenvalue weighted by atomic mass is 9.93. The summed E-state index contributed by atoms with van der Waals surface area (Å²) in [6.07, 6.45) is 3.44. The number of piperidine rings is 1. The maximum atomic E-state index is 14.3. The van der Waals surface area contributed by atoms with Gasteiger partial charge in [-0.1, -0.05) is 23.7 Å². The number of carboxylic acid groups (broad SMARTS) is 1. The number of aliphatic hydroxyl groups is 1. The normalized spacial score (nSPS) is 21.6. The molecule has 55 heavy (non-hydrogen) atoms. The maximum Gasteiger partial charge on any atom is 0.326 e. The lowest BCUT2D eigenvalue weighted by Crippen LogP contribution is -2.57. The van der Waals surface area contributed by atoms with Gasteiger partial charge in [-0.05, 0) is 81.9 Å². The number of carboxylic acids is 1. The smallest absolute Gasteiger partial charge is 0.326 e. The third-order valence-electron chi connectivity index (χ3n) is 10.8. The first-order valence-corrected chi connectivity index (χ1v) is 20.0. The van der Waals surface area contributed by atoms with E-state index < -0.39 is 40.6 Å². The summed E-state index contributed by atoms with van der Waals surface area (Å²) in [6.45, 7) is 5.07. The average Bonchev–Trinajstić information content (AvgIpc) is 3.71. The van der Waals surface area contributed by atoms with Crippen LogP contribution in [0.1, 0.15) is 66.0 Å². The zero-order valence-corrected chi connectivity index (χ0v) is 32.2. The number of hydrogen-bond acceptors (Lipinski definition) is 10. The van der Waals surface area contributed by atoms with Crippen molar-refractivity contribution in [3.8, 4) is 5.88 Å². The first kappa shape index (κ1) is 39.0. The van der Waals surface area contributed by atoms with Crippen LogP contribution < -0.4 is 10.1 Å². The van der Waals surface area contributed by atoms with E-state index in [1.54, 1.807) is 43.5 Å². The lowest BCUT2D eigenvalue weighted by Gasteiger charge is -2.33. The molecular formula is C39H44ClFN6O7S. The summed E-state index contributed by atoms with van der Waals surface area (Å²) in [5, 5.41) is 22.9. The molecule has 4 aromatic rings. The zero-order chi connectivity index (χ0) is 38.9. The van der Waals surface area contributed by atoms with Gasteiger partial charge < -0.3 is 34.5 Å². The molecule has 3 fully saturated rings. The Balaban J connectivity index is 1.02. The van der Waals surface area contributed by atoms with Crippen molar-refractivity contribution < 1.29 is 38.5 Å². The average molecular weight is 795 g/mol. The molecule has 16 heteroatoms. The number of pyridine rings is 1. The fourth-order valence-electron chi connectivity index (χ4n) is 7.42. The summed E-state index contributed by atoms with van der Waals surface area (Å²) in [7, 11) is 0. The van der Waals surface area contributed by atoms with Crippen LogP contribution in [-0.4, -0.2) is 108 Å². The number of ether oxygens (including phenoxy) is 2. The molecule has 0 bridgehead atoms. The number of benzene rings is 2. The molecule has 3 N–H and O–H groups in total. The van der Waals surface area contributed by atoms with Gasteiger partial charge >= 0.3 is 5.97 Å². The van der Waals surface area contributed by atoms with Crippen LogP contribution in [-0.2, 0) is 34.0 Å². The zero-order valence-electron chi connectivity index (χ0n) is 30.6. The van der Waals surface area contributed by atoms with Gasteiger partial charge in [-0.15, -0.1) is 11.8 Å². The van der Waals surface area contributed by atoms with Crippen LogP contribution >= 0.6 is 23.4 Å². The number of nitrogens with zero attached hydrogens (tertiary/aromatic N) is 5. The molecule has 3 saturated heterocycles. The first-order valence-electron chi connectivity index (χ1n) is 18.4. The summed E-state index contributed by atoms with van der Waals surface area (Å²) < 4.78 is 28.0. The van der Waals surface area contributed by atoms with Crippen molar-refractivity contribution in [2.75, 3.05) is 32.5 Å². The summed E-state index contributed by atoms with van der Waals surface area (Å²) in [5.74, 6) is -1.17. The monoisotopic (exact) mass is 794 g/mol. The largest absolute Gasteiger partial charge is 0.480 e. The topological polar surface area (TPSA) is 159 Å². The van der Waals surface area contributed by atoms with Crippen LogP contribution in [0.3, 0.4) is 0 Å². The number of aliphatic hydroxyl groups excluding tert-OH is 1. The molecule has 0 aliphatic carbocycles. The van der Waals surface area contributed by atoms with E-state index in [1.165, 1.54) is 6.07 Å². The third-order valence-corrected chi connectivity index (χ3v) is 12.1. The summed E-state index contributed by atoms with van der Waals surface area (Å²) in [4.78, 5) is 50.8. The van der Waals surface area contributed by atoms with Gasteiger partial charge in [0.1, 0.15) is 24.3 Å². The number of likely N-dealkylation sites (tertiary alicyclic amines) is 2. The predicted molar refractivity (Wildman–Crippen MR) is 204 cm³/mol. The number of β-amino-alcohol motifs (C(OH)–C–C–N with tert-alkyl or cyclic N) is 1. The van der Waals surface area contributed by atoms with Crippen molar-refractivity contribution in [2.24, 2.45) is 0 Å². The van der Waals surface area contributed by atoms with Gasteiger partial charge in [0, 0.05) is 53.4 Å². The van der Waals surface area contributed by atoms with Crippen LogP contribution in [0.5, 0.6) is 5.88 Å². The summed E-state index contributed by atoms with van der Waals surface area (Å²) in [6, 6.07) is 14.3. The van der Waals surface area contributed by atoms with Gasteiger partial charge in [0.25, 0.3) is 11.8 Å². The second kappa shape index (κ2) is 16.4. The van der Waals surface area contributed by atoms with Crippen LogP contribution in [0.2, 0.25) is 5.02 Å². The Labute approximate surface area is 327 Å². The molecule has 0 saturated carbocycles. The van der Waals surface area contributed by atoms with E-state index in [9.17, 15) is 29.0 Å². The molecule has 1 unspecified atom stereocenters. The minimum absolute atomic E-state index is 0.0489. The highest BCUT2D eigenvalue weighted by Crippen LogP contribution is 2.31. The first-order chi connectivity index (χ1) is 26.4. The molecule has 5 heterocycles. The lowest BCUT2D eigenvalue weighted by molar-refractivity contribution is -0.149. The third kappa shape index (κ3) is 8.60. The van der Waals surface area contributed by atoms with Crippen molar-refractivity contribution in [1.29, 1.82) is 0 Å². The number of carbonyl (C=O) groups excluding carboxylic acids is 2. The number of thioether (sulfide) groups is 1. The van der Waals surface area contributed by atoms with E-state index in [2.05, 4.69) is 14.8 Å². The van der Waals surface area contributed by atoms with Crippen molar-refractivity contribution >= 4 is 52.2 Å². The Bertz CT molecular complexity index is 2080. The molecule has 7 rings (SSSR count). The van der Waals surface area contributed by atoms with E-state index in [4.69, 9.17) is 31.0 Å². The molecular weight excluding hydrogens is 751 g/mol. The Kier molecular flexibility index (Phi) is 11.7. The van der Waals surface area contributed by atoms with E-state index >= 15 is 0 Å². The van der Waals surface area contributed by atoms with Gasteiger partial charge in [-0.2, -0.15) is 0 Å². The Morgan fingerprint density at radius 1 is 1.11 bits per heavy atom. The fraction of sp³-hybridized carbons (Fsp3) is 0.462. The minimum atomic E-state index is -1.47. The number of imidazole rings is 1. The van der Waals surface area contributed by atoms with Crippen LogP contribution in [0.25, 0.3) is 11.0 Å². The molecule has 2 aromatic carbocycles. The molecule has 13 nitrogen and oxygen atoms in total.